The van der Waals surface area contributed by atoms with Crippen LogP contribution >= 0.6 is 0 Å². The number of benzene rings is 2. The van der Waals surface area contributed by atoms with E-state index in [1.165, 1.54) is 0 Å². The van der Waals surface area contributed by atoms with Gasteiger partial charge in [-0.05, 0) is 62.6 Å². The van der Waals surface area contributed by atoms with Crippen LogP contribution in [-0.4, -0.2) is 28.4 Å². The number of carbonyl (C=O) groups is 1. The van der Waals surface area contributed by atoms with Crippen molar-refractivity contribution >= 4 is 16.8 Å². The Hall–Kier alpha value is -3.08. The maximum Gasteiger partial charge on any atom is 0.254 e. The van der Waals surface area contributed by atoms with E-state index in [1.54, 1.807) is 0 Å². The van der Waals surface area contributed by atoms with E-state index >= 15 is 0 Å². The van der Waals surface area contributed by atoms with Crippen molar-refractivity contribution < 1.29 is 9.53 Å². The molecular formula is C23H24N2O3. The fraction of sp³-hybridized carbons (Fsp3) is 0.304. The van der Waals surface area contributed by atoms with Crippen molar-refractivity contribution in [2.24, 2.45) is 0 Å². The second kappa shape index (κ2) is 7.50. The molecule has 0 spiro atoms. The summed E-state index contributed by atoms with van der Waals surface area (Å²) in [6, 6.07) is 15.3. The smallest absolute Gasteiger partial charge is 0.254 e. The van der Waals surface area contributed by atoms with Crippen LogP contribution < -0.4 is 10.3 Å². The highest BCUT2D eigenvalue weighted by atomic mass is 16.5. The van der Waals surface area contributed by atoms with E-state index in [2.05, 4.69) is 4.98 Å². The first-order valence-electron chi connectivity index (χ1n) is 9.72. The number of aromatic amines is 1. The van der Waals surface area contributed by atoms with Gasteiger partial charge in [-0.15, -0.1) is 0 Å². The minimum absolute atomic E-state index is 0.0110. The molecule has 0 atom stereocenters. The Morgan fingerprint density at radius 3 is 2.68 bits per heavy atom. The highest BCUT2D eigenvalue weighted by molar-refractivity contribution is 5.96. The van der Waals surface area contributed by atoms with Crippen molar-refractivity contribution in [2.45, 2.75) is 39.3 Å². The van der Waals surface area contributed by atoms with Crippen LogP contribution in [0.25, 0.3) is 10.9 Å². The summed E-state index contributed by atoms with van der Waals surface area (Å²) in [4.78, 5) is 30.6. The molecule has 0 bridgehead atoms. The van der Waals surface area contributed by atoms with Crippen molar-refractivity contribution in [3.05, 3.63) is 75.6 Å². The van der Waals surface area contributed by atoms with Gasteiger partial charge in [0.1, 0.15) is 5.75 Å². The van der Waals surface area contributed by atoms with Crippen molar-refractivity contribution in [1.82, 2.24) is 9.88 Å². The molecule has 5 nitrogen and oxygen atoms in total. The van der Waals surface area contributed by atoms with Gasteiger partial charge in [-0.3, -0.25) is 9.59 Å². The number of nitrogens with zero attached hydrogens (tertiary/aromatic N) is 1. The van der Waals surface area contributed by atoms with Crippen molar-refractivity contribution in [3.8, 4) is 5.75 Å². The Balaban J connectivity index is 1.68. The molecule has 0 aliphatic heterocycles. The summed E-state index contributed by atoms with van der Waals surface area (Å²) in [7, 11) is 0. The molecule has 1 saturated carbocycles. The van der Waals surface area contributed by atoms with Crippen LogP contribution in [0.5, 0.6) is 5.75 Å². The Bertz CT molecular complexity index is 1080. The van der Waals surface area contributed by atoms with Crippen LogP contribution in [0.2, 0.25) is 0 Å². The molecule has 1 amide bonds. The molecule has 1 heterocycles. The number of amides is 1. The van der Waals surface area contributed by atoms with Crippen LogP contribution in [0.4, 0.5) is 0 Å². The molecule has 1 N–H and O–H groups in total. The maximum atomic E-state index is 13.2. The molecule has 4 rings (SSSR count). The zero-order valence-corrected chi connectivity index (χ0v) is 16.2. The minimum atomic E-state index is -0.153. The summed E-state index contributed by atoms with van der Waals surface area (Å²) < 4.78 is 5.57. The van der Waals surface area contributed by atoms with Crippen molar-refractivity contribution in [1.29, 1.82) is 0 Å². The number of ether oxygens (including phenoxy) is 1. The molecule has 0 radical (unpaired) electrons. The molecule has 1 fully saturated rings. The van der Waals surface area contributed by atoms with Gasteiger partial charge in [0.25, 0.3) is 11.5 Å². The molecule has 0 saturated heterocycles. The summed E-state index contributed by atoms with van der Waals surface area (Å²) in [5.41, 5.74) is 2.85. The van der Waals surface area contributed by atoms with E-state index < -0.39 is 0 Å². The number of fused-ring (bicyclic) bond motifs is 1. The Morgan fingerprint density at radius 2 is 1.96 bits per heavy atom. The van der Waals surface area contributed by atoms with E-state index in [0.29, 0.717) is 24.3 Å². The summed E-state index contributed by atoms with van der Waals surface area (Å²) in [6.45, 7) is 4.77. The topological polar surface area (TPSA) is 62.4 Å². The highest BCUT2D eigenvalue weighted by Crippen LogP contribution is 2.30. The Labute approximate surface area is 163 Å². The van der Waals surface area contributed by atoms with Gasteiger partial charge in [0.2, 0.25) is 0 Å². The SMILES string of the molecule is CCOc1ccc2[nH]c(=O)c(CN(C(=O)c3ccccc3C)C3CC3)cc2c1. The largest absolute Gasteiger partial charge is 0.494 e. The summed E-state index contributed by atoms with van der Waals surface area (Å²) in [5.74, 6) is 0.756. The summed E-state index contributed by atoms with van der Waals surface area (Å²) >= 11 is 0. The average Bonchev–Trinajstić information content (AvgIpc) is 3.52. The molecule has 2 aromatic carbocycles. The molecule has 5 heteroatoms. The van der Waals surface area contributed by atoms with Gasteiger partial charge < -0.3 is 14.6 Å². The van der Waals surface area contributed by atoms with Crippen molar-refractivity contribution in [3.63, 3.8) is 0 Å². The van der Waals surface area contributed by atoms with Gasteiger partial charge in [-0.2, -0.15) is 0 Å². The second-order valence-electron chi connectivity index (χ2n) is 7.28. The van der Waals surface area contributed by atoms with Gasteiger partial charge in [0.15, 0.2) is 0 Å². The number of pyridine rings is 1. The third kappa shape index (κ3) is 3.65. The monoisotopic (exact) mass is 376 g/mol. The molecule has 1 aromatic heterocycles. The number of H-pyrrole nitrogens is 1. The number of rotatable bonds is 6. The van der Waals surface area contributed by atoms with E-state index in [9.17, 15) is 9.59 Å². The standard InChI is InChI=1S/C23H24N2O3/c1-3-28-19-10-11-21-16(13-19)12-17(22(26)24-21)14-25(18-8-9-18)23(27)20-7-5-4-6-15(20)2/h4-7,10-13,18H,3,8-9,14H2,1-2H3,(H,24,26). The van der Waals surface area contributed by atoms with Crippen molar-refractivity contribution in [2.75, 3.05) is 6.61 Å². The molecule has 28 heavy (non-hydrogen) atoms. The first kappa shape index (κ1) is 18.3. The third-order valence-corrected chi connectivity index (χ3v) is 5.17. The average molecular weight is 376 g/mol. The quantitative estimate of drug-likeness (QED) is 0.706. The second-order valence-corrected chi connectivity index (χ2v) is 7.28. The van der Waals surface area contributed by atoms with E-state index in [1.807, 2.05) is 67.3 Å². The lowest BCUT2D eigenvalue weighted by Crippen LogP contribution is -2.35. The highest BCUT2D eigenvalue weighted by Gasteiger charge is 2.34. The lowest BCUT2D eigenvalue weighted by Gasteiger charge is -2.23. The molecule has 1 aliphatic carbocycles. The first-order valence-corrected chi connectivity index (χ1v) is 9.72. The Morgan fingerprint density at radius 1 is 1.18 bits per heavy atom. The van der Waals surface area contributed by atoms with Gasteiger partial charge in [0, 0.05) is 28.1 Å². The summed E-state index contributed by atoms with van der Waals surface area (Å²) in [5, 5.41) is 0.902. The number of hydrogen-bond donors (Lipinski definition) is 1. The molecular weight excluding hydrogens is 352 g/mol. The van der Waals surface area contributed by atoms with Crippen LogP contribution in [0.3, 0.4) is 0 Å². The van der Waals surface area contributed by atoms with Crippen LogP contribution in [0.15, 0.2) is 53.3 Å². The number of aryl methyl sites for hydroxylation is 1. The third-order valence-electron chi connectivity index (χ3n) is 5.17. The van der Waals surface area contributed by atoms with Crippen LogP contribution in [0.1, 0.15) is 41.3 Å². The lowest BCUT2D eigenvalue weighted by atomic mass is 10.1. The lowest BCUT2D eigenvalue weighted by molar-refractivity contribution is 0.0728. The molecule has 1 aliphatic rings. The number of nitrogens with one attached hydrogen (secondary N) is 1. The molecule has 3 aromatic rings. The molecule has 144 valence electrons. The Kier molecular flexibility index (Phi) is 4.90. The van der Waals surface area contributed by atoms with Gasteiger partial charge in [-0.25, -0.2) is 0 Å². The fourth-order valence-corrected chi connectivity index (χ4v) is 3.51. The number of hydrogen-bond acceptors (Lipinski definition) is 3. The molecule has 0 unspecified atom stereocenters. The van der Waals surface area contributed by atoms with Gasteiger partial charge >= 0.3 is 0 Å². The minimum Gasteiger partial charge on any atom is -0.494 e. The number of aromatic nitrogens is 1. The first-order chi connectivity index (χ1) is 13.6. The number of carbonyl (C=O) groups excluding carboxylic acids is 1. The summed E-state index contributed by atoms with van der Waals surface area (Å²) in [6.07, 6.45) is 1.97. The van der Waals surface area contributed by atoms with E-state index in [-0.39, 0.29) is 17.5 Å². The van der Waals surface area contributed by atoms with Crippen LogP contribution in [-0.2, 0) is 6.54 Å². The zero-order chi connectivity index (χ0) is 19.7. The van der Waals surface area contributed by atoms with E-state index in [0.717, 1.165) is 35.1 Å². The van der Waals surface area contributed by atoms with Crippen LogP contribution in [0, 0.1) is 6.92 Å². The zero-order valence-electron chi connectivity index (χ0n) is 16.2. The normalized spacial score (nSPS) is 13.5. The van der Waals surface area contributed by atoms with Gasteiger partial charge in [0.05, 0.1) is 13.2 Å². The predicted octanol–water partition coefficient (Wildman–Crippen LogP) is 4.04. The fourth-order valence-electron chi connectivity index (χ4n) is 3.51. The van der Waals surface area contributed by atoms with E-state index in [4.69, 9.17) is 4.74 Å². The predicted molar refractivity (Wildman–Crippen MR) is 110 cm³/mol. The van der Waals surface area contributed by atoms with Gasteiger partial charge in [-0.1, -0.05) is 18.2 Å². The maximum absolute atomic E-state index is 13.2.